The van der Waals surface area contributed by atoms with Crippen molar-refractivity contribution in [2.24, 2.45) is 11.8 Å². The summed E-state index contributed by atoms with van der Waals surface area (Å²) in [6.07, 6.45) is 5.75. The standard InChI is InChI=1S/C10H19N/c1-7(2)8-5-9-3-4-10(6-8)11-9/h7-11H,3-6H2,1-2H3/t8-,9+,10-. The van der Waals surface area contributed by atoms with Crippen molar-refractivity contribution in [2.45, 2.75) is 51.6 Å². The molecule has 2 aliphatic rings. The van der Waals surface area contributed by atoms with Crippen LogP contribution in [0.2, 0.25) is 0 Å². The summed E-state index contributed by atoms with van der Waals surface area (Å²) in [6.45, 7) is 4.74. The third-order valence-corrected chi connectivity index (χ3v) is 3.45. The molecule has 0 aliphatic carbocycles. The highest BCUT2D eigenvalue weighted by Gasteiger charge is 2.34. The van der Waals surface area contributed by atoms with Gasteiger partial charge in [-0.25, -0.2) is 0 Å². The summed E-state index contributed by atoms with van der Waals surface area (Å²) in [5.74, 6) is 1.91. The first kappa shape index (κ1) is 7.60. The molecule has 64 valence electrons. The SMILES string of the molecule is CC(C)[C@H]1C[C@H]2CC[C@@H](C1)N2. The van der Waals surface area contributed by atoms with Gasteiger partial charge in [0.1, 0.15) is 0 Å². The largest absolute Gasteiger partial charge is 0.311 e. The Morgan fingerprint density at radius 3 is 2.09 bits per heavy atom. The van der Waals surface area contributed by atoms with E-state index in [1.54, 1.807) is 0 Å². The normalized spacial score (nSPS) is 43.4. The smallest absolute Gasteiger partial charge is 0.00729 e. The van der Waals surface area contributed by atoms with E-state index < -0.39 is 0 Å². The van der Waals surface area contributed by atoms with E-state index in [4.69, 9.17) is 0 Å². The predicted molar refractivity (Wildman–Crippen MR) is 47.5 cm³/mol. The Balaban J connectivity index is 1.97. The number of hydrogen-bond donors (Lipinski definition) is 1. The summed E-state index contributed by atoms with van der Waals surface area (Å²) in [5.41, 5.74) is 0. The van der Waals surface area contributed by atoms with Crippen molar-refractivity contribution in [3.8, 4) is 0 Å². The molecule has 0 amide bonds. The Morgan fingerprint density at radius 1 is 1.09 bits per heavy atom. The molecule has 0 saturated carbocycles. The molecular weight excluding hydrogens is 134 g/mol. The van der Waals surface area contributed by atoms with Crippen LogP contribution in [0.15, 0.2) is 0 Å². The Hall–Kier alpha value is -0.0400. The van der Waals surface area contributed by atoms with Crippen LogP contribution in [0.4, 0.5) is 0 Å². The van der Waals surface area contributed by atoms with Gasteiger partial charge >= 0.3 is 0 Å². The monoisotopic (exact) mass is 153 g/mol. The predicted octanol–water partition coefficient (Wildman–Crippen LogP) is 2.17. The third kappa shape index (κ3) is 1.44. The van der Waals surface area contributed by atoms with E-state index in [1.165, 1.54) is 25.7 Å². The number of hydrogen-bond acceptors (Lipinski definition) is 1. The van der Waals surface area contributed by atoms with Gasteiger partial charge in [0.2, 0.25) is 0 Å². The average molecular weight is 153 g/mol. The molecule has 0 aromatic rings. The van der Waals surface area contributed by atoms with Gasteiger partial charge in [0.05, 0.1) is 0 Å². The van der Waals surface area contributed by atoms with Gasteiger partial charge < -0.3 is 5.32 Å². The van der Waals surface area contributed by atoms with E-state index in [2.05, 4.69) is 19.2 Å². The van der Waals surface area contributed by atoms with Crippen LogP contribution >= 0.6 is 0 Å². The Morgan fingerprint density at radius 2 is 1.64 bits per heavy atom. The lowest BCUT2D eigenvalue weighted by Gasteiger charge is -2.31. The summed E-state index contributed by atoms with van der Waals surface area (Å²) in [4.78, 5) is 0. The van der Waals surface area contributed by atoms with E-state index in [0.29, 0.717) is 0 Å². The summed E-state index contributed by atoms with van der Waals surface area (Å²) in [5, 5.41) is 3.68. The highest BCUT2D eigenvalue weighted by atomic mass is 15.0. The first-order chi connectivity index (χ1) is 5.25. The van der Waals surface area contributed by atoms with Gasteiger partial charge in [-0.1, -0.05) is 13.8 Å². The van der Waals surface area contributed by atoms with Crippen molar-refractivity contribution < 1.29 is 0 Å². The molecule has 2 aliphatic heterocycles. The number of rotatable bonds is 1. The molecule has 11 heavy (non-hydrogen) atoms. The van der Waals surface area contributed by atoms with Crippen molar-refractivity contribution in [2.75, 3.05) is 0 Å². The van der Waals surface area contributed by atoms with Gasteiger partial charge in [-0.05, 0) is 37.5 Å². The van der Waals surface area contributed by atoms with Crippen LogP contribution in [0.1, 0.15) is 39.5 Å². The lowest BCUT2D eigenvalue weighted by molar-refractivity contribution is 0.240. The molecule has 0 spiro atoms. The van der Waals surface area contributed by atoms with Crippen LogP contribution in [0.25, 0.3) is 0 Å². The molecule has 1 nitrogen and oxygen atoms in total. The number of nitrogens with one attached hydrogen (secondary N) is 1. The number of fused-ring (bicyclic) bond motifs is 2. The minimum atomic E-state index is 0.876. The Kier molecular flexibility index (Phi) is 1.92. The van der Waals surface area contributed by atoms with E-state index in [1.807, 2.05) is 0 Å². The Labute approximate surface area is 69.6 Å². The van der Waals surface area contributed by atoms with Gasteiger partial charge in [-0.15, -0.1) is 0 Å². The minimum Gasteiger partial charge on any atom is -0.311 e. The van der Waals surface area contributed by atoms with E-state index >= 15 is 0 Å². The van der Waals surface area contributed by atoms with Crippen LogP contribution in [-0.4, -0.2) is 12.1 Å². The van der Waals surface area contributed by atoms with Gasteiger partial charge in [0.15, 0.2) is 0 Å². The molecule has 2 bridgehead atoms. The fourth-order valence-electron chi connectivity index (χ4n) is 2.65. The van der Waals surface area contributed by atoms with Gasteiger partial charge in [-0.2, -0.15) is 0 Å². The molecule has 2 rings (SSSR count). The van der Waals surface area contributed by atoms with Crippen LogP contribution in [0, 0.1) is 11.8 Å². The summed E-state index contributed by atoms with van der Waals surface area (Å²) >= 11 is 0. The van der Waals surface area contributed by atoms with E-state index in [-0.39, 0.29) is 0 Å². The van der Waals surface area contributed by atoms with Crippen molar-refractivity contribution in [1.29, 1.82) is 0 Å². The molecule has 3 atom stereocenters. The van der Waals surface area contributed by atoms with Gasteiger partial charge in [-0.3, -0.25) is 0 Å². The van der Waals surface area contributed by atoms with E-state index in [0.717, 1.165) is 23.9 Å². The summed E-state index contributed by atoms with van der Waals surface area (Å²) in [7, 11) is 0. The zero-order valence-electron chi connectivity index (χ0n) is 7.64. The molecule has 2 heterocycles. The van der Waals surface area contributed by atoms with Crippen molar-refractivity contribution in [1.82, 2.24) is 5.32 Å². The first-order valence-corrected chi connectivity index (χ1v) is 5.01. The van der Waals surface area contributed by atoms with Crippen LogP contribution in [-0.2, 0) is 0 Å². The minimum absolute atomic E-state index is 0.876. The maximum Gasteiger partial charge on any atom is 0.00729 e. The second-order valence-electron chi connectivity index (χ2n) is 4.61. The van der Waals surface area contributed by atoms with Crippen LogP contribution < -0.4 is 5.32 Å². The second-order valence-corrected chi connectivity index (χ2v) is 4.61. The molecule has 2 fully saturated rings. The van der Waals surface area contributed by atoms with Crippen LogP contribution in [0.3, 0.4) is 0 Å². The molecule has 0 aromatic heterocycles. The highest BCUT2D eigenvalue weighted by Crippen LogP contribution is 2.34. The molecule has 1 N–H and O–H groups in total. The lowest BCUT2D eigenvalue weighted by Crippen LogP contribution is -2.39. The molecule has 1 heteroatoms. The Bertz CT molecular complexity index is 130. The molecular formula is C10H19N. The van der Waals surface area contributed by atoms with Crippen LogP contribution in [0.5, 0.6) is 0 Å². The molecule has 0 radical (unpaired) electrons. The van der Waals surface area contributed by atoms with Crippen molar-refractivity contribution in [3.63, 3.8) is 0 Å². The van der Waals surface area contributed by atoms with Gasteiger partial charge in [0.25, 0.3) is 0 Å². The maximum atomic E-state index is 3.68. The van der Waals surface area contributed by atoms with E-state index in [9.17, 15) is 0 Å². The molecule has 0 unspecified atom stereocenters. The quantitative estimate of drug-likeness (QED) is 0.609. The lowest BCUT2D eigenvalue weighted by atomic mass is 9.84. The first-order valence-electron chi connectivity index (χ1n) is 5.01. The zero-order chi connectivity index (χ0) is 7.84. The number of piperidine rings is 1. The highest BCUT2D eigenvalue weighted by molar-refractivity contribution is 4.92. The molecule has 2 saturated heterocycles. The zero-order valence-corrected chi connectivity index (χ0v) is 7.64. The maximum absolute atomic E-state index is 3.68. The van der Waals surface area contributed by atoms with Gasteiger partial charge in [0, 0.05) is 12.1 Å². The second kappa shape index (κ2) is 2.78. The van der Waals surface area contributed by atoms with Crippen molar-refractivity contribution >= 4 is 0 Å². The summed E-state index contributed by atoms with van der Waals surface area (Å²) < 4.78 is 0. The summed E-state index contributed by atoms with van der Waals surface area (Å²) in [6, 6.07) is 1.75. The fourth-order valence-corrected chi connectivity index (χ4v) is 2.65. The average Bonchev–Trinajstić information content (AvgIpc) is 2.30. The third-order valence-electron chi connectivity index (χ3n) is 3.45. The fraction of sp³-hybridized carbons (Fsp3) is 1.00. The van der Waals surface area contributed by atoms with Crippen molar-refractivity contribution in [3.05, 3.63) is 0 Å². The molecule has 0 aromatic carbocycles. The topological polar surface area (TPSA) is 12.0 Å².